The zero-order valence-electron chi connectivity index (χ0n) is 15.6. The topological polar surface area (TPSA) is 58.6 Å². The van der Waals surface area contributed by atoms with E-state index in [9.17, 15) is 4.79 Å². The molecule has 26 heavy (non-hydrogen) atoms. The van der Waals surface area contributed by atoms with Crippen LogP contribution in [0, 0.1) is 5.41 Å². The van der Waals surface area contributed by atoms with E-state index in [2.05, 4.69) is 25.8 Å². The Bertz CT molecular complexity index is 668. The molecular formula is C20H28N4O2. The number of aromatic nitrogens is 2. The summed E-state index contributed by atoms with van der Waals surface area (Å²) in [7, 11) is 1.76. The van der Waals surface area contributed by atoms with Crippen LogP contribution < -0.4 is 4.90 Å². The molecule has 0 bridgehead atoms. The first-order valence-corrected chi connectivity index (χ1v) is 9.72. The second-order valence-corrected chi connectivity index (χ2v) is 7.90. The van der Waals surface area contributed by atoms with Gasteiger partial charge in [-0.25, -0.2) is 9.97 Å². The minimum atomic E-state index is 0.239. The molecule has 1 aliphatic carbocycles. The number of carbonyl (C=O) groups excluding carboxylic acids is 1. The van der Waals surface area contributed by atoms with Crippen LogP contribution in [0.1, 0.15) is 38.5 Å². The van der Waals surface area contributed by atoms with E-state index < -0.39 is 0 Å². The zero-order chi connectivity index (χ0) is 18.0. The molecule has 1 amide bonds. The molecule has 1 atom stereocenters. The molecule has 0 radical (unpaired) electrons. The van der Waals surface area contributed by atoms with Gasteiger partial charge in [-0.05, 0) is 50.0 Å². The number of hydrogen-bond acceptors (Lipinski definition) is 5. The van der Waals surface area contributed by atoms with E-state index in [1.54, 1.807) is 19.5 Å². The third-order valence-electron chi connectivity index (χ3n) is 6.21. The van der Waals surface area contributed by atoms with Crippen LogP contribution in [0.4, 0.5) is 5.95 Å². The highest BCUT2D eigenvalue weighted by atomic mass is 16.5. The lowest BCUT2D eigenvalue weighted by atomic mass is 9.76. The first-order chi connectivity index (χ1) is 12.7. The van der Waals surface area contributed by atoms with Crippen molar-refractivity contribution in [3.8, 4) is 0 Å². The van der Waals surface area contributed by atoms with E-state index in [0.29, 0.717) is 12.6 Å². The van der Waals surface area contributed by atoms with Gasteiger partial charge in [0.05, 0.1) is 12.6 Å². The number of likely N-dealkylation sites (tertiary alicyclic amines) is 1. The van der Waals surface area contributed by atoms with E-state index in [4.69, 9.17) is 4.74 Å². The molecule has 0 saturated carbocycles. The number of methoxy groups -OCH3 is 1. The number of anilines is 1. The summed E-state index contributed by atoms with van der Waals surface area (Å²) in [6, 6.07) is 2.16. The Labute approximate surface area is 155 Å². The van der Waals surface area contributed by atoms with Crippen LogP contribution in [0.5, 0.6) is 0 Å². The molecule has 1 aromatic heterocycles. The largest absolute Gasteiger partial charge is 0.383 e. The molecule has 4 rings (SSSR count). The fraction of sp³-hybridized carbons (Fsp3) is 0.650. The molecular weight excluding hydrogens is 328 g/mol. The number of carbonyl (C=O) groups is 1. The molecule has 0 N–H and O–H groups in total. The van der Waals surface area contributed by atoms with Crippen molar-refractivity contribution in [1.29, 1.82) is 0 Å². The van der Waals surface area contributed by atoms with E-state index in [-0.39, 0.29) is 11.3 Å². The van der Waals surface area contributed by atoms with Crippen molar-refractivity contribution in [3.63, 3.8) is 0 Å². The number of ether oxygens (including phenoxy) is 1. The molecule has 0 aromatic carbocycles. The molecule has 3 aliphatic rings. The van der Waals surface area contributed by atoms with Crippen LogP contribution in [-0.2, 0) is 9.53 Å². The molecule has 3 heterocycles. The van der Waals surface area contributed by atoms with Gasteiger partial charge in [-0.1, -0.05) is 6.08 Å². The predicted octanol–water partition coefficient (Wildman–Crippen LogP) is 2.42. The highest BCUT2D eigenvalue weighted by molar-refractivity contribution is 5.93. The standard InChI is InChI=1S/C20H28N4O2/c1-26-14-17-13-20(15-24(17)19-21-9-4-10-22-19)7-11-23(12-8-20)18(25)16-5-2-3-6-16/h4-5,9-10,17H,2-3,6-8,11-15H2,1H3/t17-/m0/s1. The maximum absolute atomic E-state index is 12.7. The molecule has 6 heteroatoms. The minimum Gasteiger partial charge on any atom is -0.383 e. The van der Waals surface area contributed by atoms with Crippen molar-refractivity contribution in [2.75, 3.05) is 38.3 Å². The average Bonchev–Trinajstić information content (AvgIpc) is 3.32. The third kappa shape index (κ3) is 3.34. The minimum absolute atomic E-state index is 0.239. The smallest absolute Gasteiger partial charge is 0.249 e. The summed E-state index contributed by atoms with van der Waals surface area (Å²) in [5, 5.41) is 0. The quantitative estimate of drug-likeness (QED) is 0.829. The molecule has 0 unspecified atom stereocenters. The second-order valence-electron chi connectivity index (χ2n) is 7.90. The van der Waals surface area contributed by atoms with Crippen molar-refractivity contribution in [2.24, 2.45) is 5.41 Å². The molecule has 2 saturated heterocycles. The van der Waals surface area contributed by atoms with Crippen LogP contribution in [0.25, 0.3) is 0 Å². The zero-order valence-corrected chi connectivity index (χ0v) is 15.6. The Kier molecular flexibility index (Phi) is 4.94. The third-order valence-corrected chi connectivity index (χ3v) is 6.21. The Hall–Kier alpha value is -1.95. The van der Waals surface area contributed by atoms with Crippen molar-refractivity contribution in [2.45, 2.75) is 44.6 Å². The van der Waals surface area contributed by atoms with Gasteiger partial charge in [0.1, 0.15) is 0 Å². The number of nitrogens with zero attached hydrogens (tertiary/aromatic N) is 4. The summed E-state index contributed by atoms with van der Waals surface area (Å²) in [6.45, 7) is 3.37. The van der Waals surface area contributed by atoms with Crippen LogP contribution >= 0.6 is 0 Å². The molecule has 6 nitrogen and oxygen atoms in total. The van der Waals surface area contributed by atoms with Gasteiger partial charge in [0.2, 0.25) is 11.9 Å². The normalized spacial score (nSPS) is 25.0. The molecule has 2 fully saturated rings. The maximum Gasteiger partial charge on any atom is 0.249 e. The summed E-state index contributed by atoms with van der Waals surface area (Å²) < 4.78 is 5.47. The van der Waals surface area contributed by atoms with Gasteiger partial charge in [0.25, 0.3) is 0 Å². The van der Waals surface area contributed by atoms with Crippen molar-refractivity contribution >= 4 is 11.9 Å². The summed E-state index contributed by atoms with van der Waals surface area (Å²) in [5.41, 5.74) is 1.27. The number of allylic oxidation sites excluding steroid dienone is 1. The summed E-state index contributed by atoms with van der Waals surface area (Å²) in [5.74, 6) is 1.06. The summed E-state index contributed by atoms with van der Waals surface area (Å²) in [6.07, 6.45) is 12.1. The number of hydrogen-bond donors (Lipinski definition) is 0. The van der Waals surface area contributed by atoms with Crippen LogP contribution in [-0.4, -0.2) is 60.2 Å². The maximum atomic E-state index is 12.7. The number of piperidine rings is 1. The molecule has 1 aromatic rings. The Morgan fingerprint density at radius 1 is 1.31 bits per heavy atom. The van der Waals surface area contributed by atoms with Crippen LogP contribution in [0.2, 0.25) is 0 Å². The van der Waals surface area contributed by atoms with Gasteiger partial charge in [-0.15, -0.1) is 0 Å². The molecule has 1 spiro atoms. The van der Waals surface area contributed by atoms with E-state index in [1.807, 2.05) is 6.07 Å². The first-order valence-electron chi connectivity index (χ1n) is 9.72. The predicted molar refractivity (Wildman–Crippen MR) is 99.8 cm³/mol. The fourth-order valence-corrected chi connectivity index (χ4v) is 4.79. The lowest BCUT2D eigenvalue weighted by Gasteiger charge is -2.39. The lowest BCUT2D eigenvalue weighted by molar-refractivity contribution is -0.129. The van der Waals surface area contributed by atoms with Gasteiger partial charge < -0.3 is 14.5 Å². The molecule has 140 valence electrons. The van der Waals surface area contributed by atoms with Crippen molar-refractivity contribution in [3.05, 3.63) is 30.1 Å². The van der Waals surface area contributed by atoms with E-state index >= 15 is 0 Å². The summed E-state index contributed by atoms with van der Waals surface area (Å²) in [4.78, 5) is 25.9. The van der Waals surface area contributed by atoms with Crippen molar-refractivity contribution < 1.29 is 9.53 Å². The Morgan fingerprint density at radius 2 is 2.08 bits per heavy atom. The molecule has 2 aliphatic heterocycles. The van der Waals surface area contributed by atoms with E-state index in [0.717, 1.165) is 69.7 Å². The SMILES string of the molecule is COC[C@@H]1CC2(CCN(C(=O)C3=CCCC3)CC2)CN1c1ncccn1. The van der Waals surface area contributed by atoms with Crippen LogP contribution in [0.15, 0.2) is 30.1 Å². The monoisotopic (exact) mass is 356 g/mol. The second kappa shape index (κ2) is 7.35. The van der Waals surface area contributed by atoms with Gasteiger partial charge in [0, 0.05) is 44.7 Å². The highest BCUT2D eigenvalue weighted by Gasteiger charge is 2.47. The Balaban J connectivity index is 1.44. The van der Waals surface area contributed by atoms with E-state index in [1.165, 1.54) is 0 Å². The fourth-order valence-electron chi connectivity index (χ4n) is 4.79. The summed E-state index contributed by atoms with van der Waals surface area (Å²) >= 11 is 0. The number of amides is 1. The van der Waals surface area contributed by atoms with Gasteiger partial charge in [-0.2, -0.15) is 0 Å². The van der Waals surface area contributed by atoms with Gasteiger partial charge in [-0.3, -0.25) is 4.79 Å². The van der Waals surface area contributed by atoms with Crippen molar-refractivity contribution in [1.82, 2.24) is 14.9 Å². The van der Waals surface area contributed by atoms with Gasteiger partial charge in [0.15, 0.2) is 0 Å². The Morgan fingerprint density at radius 3 is 2.73 bits per heavy atom. The van der Waals surface area contributed by atoms with Gasteiger partial charge >= 0.3 is 0 Å². The first kappa shape index (κ1) is 17.5. The highest BCUT2D eigenvalue weighted by Crippen LogP contribution is 2.44. The lowest BCUT2D eigenvalue weighted by Crippen LogP contribution is -2.44. The average molecular weight is 356 g/mol. The van der Waals surface area contributed by atoms with Crippen LogP contribution in [0.3, 0.4) is 0 Å². The number of rotatable bonds is 4.